The van der Waals surface area contributed by atoms with Crippen LogP contribution >= 0.6 is 0 Å². The lowest BCUT2D eigenvalue weighted by Gasteiger charge is -2.32. The first-order chi connectivity index (χ1) is 5.65. The van der Waals surface area contributed by atoms with Crippen molar-refractivity contribution in [3.63, 3.8) is 0 Å². The highest BCUT2D eigenvalue weighted by molar-refractivity contribution is 5.15. The molecule has 1 aliphatic rings. The van der Waals surface area contributed by atoms with E-state index in [4.69, 9.17) is 4.74 Å². The Morgan fingerprint density at radius 1 is 1.50 bits per heavy atom. The van der Waals surface area contributed by atoms with Gasteiger partial charge < -0.3 is 9.64 Å². The number of methoxy groups -OCH3 is 1. The fourth-order valence-electron chi connectivity index (χ4n) is 1.59. The van der Waals surface area contributed by atoms with Crippen LogP contribution in [0.25, 0.3) is 0 Å². The van der Waals surface area contributed by atoms with Crippen molar-refractivity contribution in [2.45, 2.75) is 13.3 Å². The van der Waals surface area contributed by atoms with Crippen molar-refractivity contribution in [1.82, 2.24) is 4.90 Å². The lowest BCUT2D eigenvalue weighted by atomic mass is 9.79. The second kappa shape index (κ2) is 3.94. The van der Waals surface area contributed by atoms with E-state index in [2.05, 4.69) is 32.0 Å². The van der Waals surface area contributed by atoms with E-state index in [1.807, 2.05) is 0 Å². The molecule has 1 unspecified atom stereocenters. The fourth-order valence-corrected chi connectivity index (χ4v) is 1.59. The van der Waals surface area contributed by atoms with Gasteiger partial charge in [-0.05, 0) is 39.1 Å². The van der Waals surface area contributed by atoms with Crippen molar-refractivity contribution in [1.29, 1.82) is 0 Å². The minimum Gasteiger partial charge on any atom is -0.501 e. The summed E-state index contributed by atoms with van der Waals surface area (Å²) < 4.78 is 5.18. The first-order valence-corrected chi connectivity index (χ1v) is 4.55. The average molecular weight is 169 g/mol. The third-order valence-electron chi connectivity index (χ3n) is 2.61. The summed E-state index contributed by atoms with van der Waals surface area (Å²) in [7, 11) is 5.99. The number of rotatable bonds is 4. The Bertz CT molecular complexity index is 175. The van der Waals surface area contributed by atoms with Crippen LogP contribution in [0.1, 0.15) is 13.3 Å². The van der Waals surface area contributed by atoms with Gasteiger partial charge in [-0.15, -0.1) is 0 Å². The van der Waals surface area contributed by atoms with Gasteiger partial charge in [-0.1, -0.05) is 6.92 Å². The van der Waals surface area contributed by atoms with Gasteiger partial charge in [0.25, 0.3) is 0 Å². The summed E-state index contributed by atoms with van der Waals surface area (Å²) in [5, 5.41) is 0. The second-order valence-corrected chi connectivity index (χ2v) is 3.82. The lowest BCUT2D eigenvalue weighted by Crippen LogP contribution is -2.27. The minimum absolute atomic E-state index is 0.634. The van der Waals surface area contributed by atoms with Gasteiger partial charge in [0.15, 0.2) is 0 Å². The molecule has 2 heteroatoms. The highest BCUT2D eigenvalue weighted by Gasteiger charge is 2.28. The van der Waals surface area contributed by atoms with Crippen LogP contribution in [0.3, 0.4) is 0 Å². The summed E-state index contributed by atoms with van der Waals surface area (Å²) >= 11 is 0. The molecule has 0 saturated carbocycles. The summed E-state index contributed by atoms with van der Waals surface area (Å²) in [5.74, 6) is 2.54. The van der Waals surface area contributed by atoms with E-state index in [1.54, 1.807) is 7.11 Å². The molecule has 0 aromatic rings. The number of nitrogens with zero attached hydrogens (tertiary/aromatic N) is 1. The Kier molecular flexibility index (Phi) is 3.15. The predicted molar refractivity (Wildman–Crippen MR) is 50.9 cm³/mol. The maximum atomic E-state index is 5.18. The maximum absolute atomic E-state index is 5.18. The van der Waals surface area contributed by atoms with Crippen LogP contribution in [0.2, 0.25) is 0 Å². The molecule has 0 N–H and O–H groups in total. The summed E-state index contributed by atoms with van der Waals surface area (Å²) in [6, 6.07) is 0. The molecule has 70 valence electrons. The summed E-state index contributed by atoms with van der Waals surface area (Å²) in [6.45, 7) is 3.40. The molecule has 0 aliphatic heterocycles. The third kappa shape index (κ3) is 2.01. The van der Waals surface area contributed by atoms with Gasteiger partial charge in [-0.3, -0.25) is 0 Å². The van der Waals surface area contributed by atoms with Crippen LogP contribution in [0, 0.1) is 11.8 Å². The smallest absolute Gasteiger partial charge is 0.0952 e. The standard InChI is InChI=1S/C10H19NO/c1-8-9(5-6-11(2)3)7-10(8)12-4/h7-9H,5-6H2,1-4H3/t8-,9?/m0/s1. The van der Waals surface area contributed by atoms with Crippen molar-refractivity contribution < 1.29 is 4.74 Å². The van der Waals surface area contributed by atoms with Crippen LogP contribution in [-0.2, 0) is 4.74 Å². The van der Waals surface area contributed by atoms with Crippen molar-refractivity contribution in [3.05, 3.63) is 11.8 Å². The monoisotopic (exact) mass is 169 g/mol. The van der Waals surface area contributed by atoms with Gasteiger partial charge in [0.2, 0.25) is 0 Å². The van der Waals surface area contributed by atoms with E-state index >= 15 is 0 Å². The molecule has 1 rings (SSSR count). The minimum atomic E-state index is 0.634. The topological polar surface area (TPSA) is 12.5 Å². The van der Waals surface area contributed by atoms with Gasteiger partial charge in [0.05, 0.1) is 12.9 Å². The lowest BCUT2D eigenvalue weighted by molar-refractivity contribution is 0.177. The molecule has 0 spiro atoms. The molecule has 0 bridgehead atoms. The zero-order valence-electron chi connectivity index (χ0n) is 8.50. The number of allylic oxidation sites excluding steroid dienone is 2. The highest BCUT2D eigenvalue weighted by atomic mass is 16.5. The van der Waals surface area contributed by atoms with Gasteiger partial charge in [-0.25, -0.2) is 0 Å². The van der Waals surface area contributed by atoms with E-state index in [0.29, 0.717) is 5.92 Å². The van der Waals surface area contributed by atoms with Crippen molar-refractivity contribution in [3.8, 4) is 0 Å². The zero-order chi connectivity index (χ0) is 9.14. The Labute approximate surface area is 75.2 Å². The number of hydrogen-bond donors (Lipinski definition) is 0. The summed E-state index contributed by atoms with van der Waals surface area (Å²) in [6.07, 6.45) is 3.50. The first-order valence-electron chi connectivity index (χ1n) is 4.55. The SMILES string of the molecule is COC1=CC(CCN(C)C)[C@@H]1C. The molecule has 0 fully saturated rings. The van der Waals surface area contributed by atoms with Crippen LogP contribution in [-0.4, -0.2) is 32.6 Å². The van der Waals surface area contributed by atoms with Crippen LogP contribution in [0.15, 0.2) is 11.8 Å². The fraction of sp³-hybridized carbons (Fsp3) is 0.800. The largest absolute Gasteiger partial charge is 0.501 e. The van der Waals surface area contributed by atoms with Gasteiger partial charge in [-0.2, -0.15) is 0 Å². The van der Waals surface area contributed by atoms with E-state index in [0.717, 1.165) is 5.92 Å². The highest BCUT2D eigenvalue weighted by Crippen LogP contribution is 2.35. The average Bonchev–Trinajstić information content (AvgIpc) is 2.02. The molecule has 0 aromatic carbocycles. The van der Waals surface area contributed by atoms with Crippen LogP contribution < -0.4 is 0 Å². The van der Waals surface area contributed by atoms with Crippen LogP contribution in [0.4, 0.5) is 0 Å². The van der Waals surface area contributed by atoms with Crippen molar-refractivity contribution in [2.24, 2.45) is 11.8 Å². The molecular formula is C10H19NO. The van der Waals surface area contributed by atoms with Crippen molar-refractivity contribution in [2.75, 3.05) is 27.7 Å². The van der Waals surface area contributed by atoms with Crippen molar-refractivity contribution >= 4 is 0 Å². The normalized spacial score (nSPS) is 28.2. The molecular weight excluding hydrogens is 150 g/mol. The van der Waals surface area contributed by atoms with E-state index in [9.17, 15) is 0 Å². The summed E-state index contributed by atoms with van der Waals surface area (Å²) in [5.41, 5.74) is 0. The molecule has 2 nitrogen and oxygen atoms in total. The van der Waals surface area contributed by atoms with Crippen LogP contribution in [0.5, 0.6) is 0 Å². The molecule has 0 radical (unpaired) electrons. The summed E-state index contributed by atoms with van der Waals surface area (Å²) in [4.78, 5) is 2.23. The molecule has 0 heterocycles. The quantitative estimate of drug-likeness (QED) is 0.635. The Balaban J connectivity index is 2.25. The molecule has 0 aromatic heterocycles. The number of ether oxygens (including phenoxy) is 1. The third-order valence-corrected chi connectivity index (χ3v) is 2.61. The maximum Gasteiger partial charge on any atom is 0.0952 e. The molecule has 2 atom stereocenters. The predicted octanol–water partition coefficient (Wildman–Crippen LogP) is 1.73. The molecule has 0 saturated heterocycles. The van der Waals surface area contributed by atoms with E-state index in [1.165, 1.54) is 18.7 Å². The Morgan fingerprint density at radius 3 is 2.58 bits per heavy atom. The molecule has 0 amide bonds. The molecule has 1 aliphatic carbocycles. The van der Waals surface area contributed by atoms with Gasteiger partial charge >= 0.3 is 0 Å². The Hall–Kier alpha value is -0.500. The van der Waals surface area contributed by atoms with E-state index < -0.39 is 0 Å². The van der Waals surface area contributed by atoms with Gasteiger partial charge in [0.1, 0.15) is 0 Å². The Morgan fingerprint density at radius 2 is 2.17 bits per heavy atom. The van der Waals surface area contributed by atoms with Gasteiger partial charge in [0, 0.05) is 5.92 Å². The van der Waals surface area contributed by atoms with E-state index in [-0.39, 0.29) is 0 Å². The first kappa shape index (κ1) is 9.59. The second-order valence-electron chi connectivity index (χ2n) is 3.82. The molecule has 12 heavy (non-hydrogen) atoms. The number of hydrogen-bond acceptors (Lipinski definition) is 2. The zero-order valence-corrected chi connectivity index (χ0v) is 8.50.